The lowest BCUT2D eigenvalue weighted by Gasteiger charge is -2.22. The van der Waals surface area contributed by atoms with Crippen LogP contribution in [-0.2, 0) is 20.1 Å². The molecule has 128 valence electrons. The summed E-state index contributed by atoms with van der Waals surface area (Å²) in [6.45, 7) is 0.603. The third-order valence-corrected chi connectivity index (χ3v) is 4.57. The number of benzene rings is 1. The zero-order valence-corrected chi connectivity index (χ0v) is 14.0. The lowest BCUT2D eigenvalue weighted by atomic mass is 9.83. The van der Waals surface area contributed by atoms with E-state index in [0.29, 0.717) is 12.5 Å². The number of nitrogens with one attached hydrogen (secondary N) is 2. The number of aryl methyl sites for hydroxylation is 1. The molecule has 1 aliphatic carbocycles. The largest absolute Gasteiger partial charge is 0.392 e. The smallest absolute Gasteiger partial charge is 0.320 e. The Morgan fingerprint density at radius 1 is 1.29 bits per heavy atom. The molecular weight excluding hydrogens is 304 g/mol. The van der Waals surface area contributed by atoms with Crippen molar-refractivity contribution in [3.05, 3.63) is 47.2 Å². The molecule has 0 spiro atoms. The third kappa shape index (κ3) is 3.94. The number of carbonyl (C=O) groups excluding carboxylic acids is 1. The molecule has 0 aliphatic heterocycles. The average Bonchev–Trinajstić information content (AvgIpc) is 2.86. The molecular formula is C18H24N4O2. The van der Waals surface area contributed by atoms with E-state index in [1.807, 2.05) is 37.4 Å². The molecule has 2 aromatic rings. The highest BCUT2D eigenvalue weighted by molar-refractivity contribution is 5.88. The molecule has 3 rings (SSSR count). The fourth-order valence-electron chi connectivity index (χ4n) is 2.80. The first kappa shape index (κ1) is 16.5. The fourth-order valence-corrected chi connectivity index (χ4v) is 2.80. The van der Waals surface area contributed by atoms with Crippen molar-refractivity contribution in [2.45, 2.75) is 38.2 Å². The number of aliphatic hydroxyl groups is 1. The number of nitrogens with zero attached hydrogens (tertiary/aromatic N) is 2. The topological polar surface area (TPSA) is 79.2 Å². The summed E-state index contributed by atoms with van der Waals surface area (Å²) in [5.41, 5.74) is 3.09. The van der Waals surface area contributed by atoms with E-state index in [-0.39, 0.29) is 12.6 Å². The molecule has 1 aliphatic rings. The van der Waals surface area contributed by atoms with E-state index in [4.69, 9.17) is 5.11 Å². The van der Waals surface area contributed by atoms with Crippen molar-refractivity contribution in [3.8, 4) is 0 Å². The summed E-state index contributed by atoms with van der Waals surface area (Å²) >= 11 is 0. The van der Waals surface area contributed by atoms with Crippen LogP contribution in [0.1, 0.15) is 42.0 Å². The number of aliphatic hydroxyl groups excluding tert-OH is 1. The van der Waals surface area contributed by atoms with E-state index in [9.17, 15) is 4.79 Å². The van der Waals surface area contributed by atoms with Gasteiger partial charge in [0.2, 0.25) is 0 Å². The normalized spacial score (nSPS) is 14.2. The number of hydrogen-bond donors (Lipinski definition) is 3. The van der Waals surface area contributed by atoms with Crippen molar-refractivity contribution in [3.63, 3.8) is 0 Å². The summed E-state index contributed by atoms with van der Waals surface area (Å²) in [5, 5.41) is 19.2. The Balaban J connectivity index is 1.46. The van der Waals surface area contributed by atoms with Gasteiger partial charge in [-0.25, -0.2) is 4.79 Å². The van der Waals surface area contributed by atoms with Gasteiger partial charge in [-0.05, 0) is 30.4 Å². The van der Waals surface area contributed by atoms with Gasteiger partial charge in [0, 0.05) is 25.6 Å². The summed E-state index contributed by atoms with van der Waals surface area (Å²) in [5.74, 6) is 1.28. The van der Waals surface area contributed by atoms with Gasteiger partial charge < -0.3 is 10.4 Å². The quantitative estimate of drug-likeness (QED) is 0.762. The molecule has 1 saturated carbocycles. The first-order valence-corrected chi connectivity index (χ1v) is 8.43. The molecule has 1 fully saturated rings. The van der Waals surface area contributed by atoms with Crippen molar-refractivity contribution >= 4 is 11.8 Å². The van der Waals surface area contributed by atoms with E-state index in [1.54, 1.807) is 4.68 Å². The van der Waals surface area contributed by atoms with E-state index < -0.39 is 0 Å². The Morgan fingerprint density at radius 2 is 2.00 bits per heavy atom. The molecule has 24 heavy (non-hydrogen) atoms. The molecule has 1 heterocycles. The maximum absolute atomic E-state index is 12.0. The van der Waals surface area contributed by atoms with Crippen LogP contribution in [0.15, 0.2) is 30.3 Å². The minimum absolute atomic E-state index is 0.0501. The average molecular weight is 328 g/mol. The van der Waals surface area contributed by atoms with Crippen LogP contribution in [0, 0.1) is 0 Å². The summed E-state index contributed by atoms with van der Waals surface area (Å²) in [4.78, 5) is 12.0. The van der Waals surface area contributed by atoms with E-state index in [2.05, 4.69) is 15.7 Å². The number of anilines is 1. The number of rotatable bonds is 6. The number of carbonyl (C=O) groups is 1. The van der Waals surface area contributed by atoms with E-state index >= 15 is 0 Å². The summed E-state index contributed by atoms with van der Waals surface area (Å²) in [6, 6.07) is 9.48. The molecule has 0 radical (unpaired) electrons. The van der Waals surface area contributed by atoms with Crippen molar-refractivity contribution in [2.75, 3.05) is 11.9 Å². The molecule has 6 nitrogen and oxygen atoms in total. The summed E-state index contributed by atoms with van der Waals surface area (Å²) in [6.07, 6.45) is 4.40. The minimum atomic E-state index is -0.217. The van der Waals surface area contributed by atoms with Crippen molar-refractivity contribution in [1.82, 2.24) is 15.1 Å². The minimum Gasteiger partial charge on any atom is -0.392 e. The fraction of sp³-hybridized carbons (Fsp3) is 0.444. The van der Waals surface area contributed by atoms with Gasteiger partial charge in [0.15, 0.2) is 0 Å². The number of urea groups is 1. The highest BCUT2D eigenvalue weighted by atomic mass is 16.3. The predicted octanol–water partition coefficient (Wildman–Crippen LogP) is 2.54. The molecule has 1 aromatic carbocycles. The maximum atomic E-state index is 12.0. The van der Waals surface area contributed by atoms with Gasteiger partial charge in [0.1, 0.15) is 5.82 Å². The molecule has 0 atom stereocenters. The van der Waals surface area contributed by atoms with Crippen molar-refractivity contribution in [2.24, 2.45) is 7.05 Å². The molecule has 1 aromatic heterocycles. The zero-order chi connectivity index (χ0) is 16.9. The van der Waals surface area contributed by atoms with Crippen LogP contribution in [0.3, 0.4) is 0 Å². The number of hydrogen-bond acceptors (Lipinski definition) is 3. The first-order chi connectivity index (χ1) is 11.7. The summed E-state index contributed by atoms with van der Waals surface area (Å²) < 4.78 is 1.72. The molecule has 6 heteroatoms. The van der Waals surface area contributed by atoms with Crippen LogP contribution in [0.4, 0.5) is 10.6 Å². The van der Waals surface area contributed by atoms with Crippen LogP contribution >= 0.6 is 0 Å². The number of amides is 2. The van der Waals surface area contributed by atoms with E-state index in [1.165, 1.54) is 19.3 Å². The van der Waals surface area contributed by atoms with Crippen LogP contribution in [0.5, 0.6) is 0 Å². The molecule has 0 bridgehead atoms. The Hall–Kier alpha value is -2.34. The maximum Gasteiger partial charge on any atom is 0.320 e. The predicted molar refractivity (Wildman–Crippen MR) is 92.9 cm³/mol. The number of aromatic nitrogens is 2. The second kappa shape index (κ2) is 7.49. The van der Waals surface area contributed by atoms with Crippen molar-refractivity contribution < 1.29 is 9.90 Å². The monoisotopic (exact) mass is 328 g/mol. The standard InChI is InChI=1S/C18H24N4O2/c1-22-17(11-16(21-22)15-3-2-4-15)20-18(24)19-10-9-13-5-7-14(12-23)8-6-13/h5-8,11,15,23H,2-4,9-10,12H2,1H3,(H2,19,20,24). The molecule has 3 N–H and O–H groups in total. The van der Waals surface area contributed by atoms with E-state index in [0.717, 1.165) is 29.1 Å². The lowest BCUT2D eigenvalue weighted by molar-refractivity contribution is 0.252. The van der Waals surface area contributed by atoms with Crippen LogP contribution < -0.4 is 10.6 Å². The zero-order valence-electron chi connectivity index (χ0n) is 14.0. The SMILES string of the molecule is Cn1nc(C2CCC2)cc1NC(=O)NCCc1ccc(CO)cc1. The van der Waals surface area contributed by atoms with Gasteiger partial charge in [-0.3, -0.25) is 10.00 Å². The van der Waals surface area contributed by atoms with Gasteiger partial charge >= 0.3 is 6.03 Å². The lowest BCUT2D eigenvalue weighted by Crippen LogP contribution is -2.31. The van der Waals surface area contributed by atoms with Gasteiger partial charge in [0.05, 0.1) is 12.3 Å². The summed E-state index contributed by atoms with van der Waals surface area (Å²) in [7, 11) is 1.85. The second-order valence-electron chi connectivity index (χ2n) is 6.31. The van der Waals surface area contributed by atoms with Gasteiger partial charge in [-0.1, -0.05) is 30.7 Å². The Kier molecular flexibility index (Phi) is 5.15. The van der Waals surface area contributed by atoms with Gasteiger partial charge in [-0.15, -0.1) is 0 Å². The molecule has 2 amide bonds. The Bertz CT molecular complexity index is 690. The second-order valence-corrected chi connectivity index (χ2v) is 6.31. The van der Waals surface area contributed by atoms with Crippen LogP contribution in [-0.4, -0.2) is 27.5 Å². The van der Waals surface area contributed by atoms with Gasteiger partial charge in [0.25, 0.3) is 0 Å². The third-order valence-electron chi connectivity index (χ3n) is 4.57. The van der Waals surface area contributed by atoms with Crippen molar-refractivity contribution in [1.29, 1.82) is 0 Å². The highest BCUT2D eigenvalue weighted by Gasteiger charge is 2.23. The van der Waals surface area contributed by atoms with Crippen LogP contribution in [0.2, 0.25) is 0 Å². The Labute approximate surface area is 141 Å². The Morgan fingerprint density at radius 3 is 2.62 bits per heavy atom. The molecule has 0 saturated heterocycles. The van der Waals surface area contributed by atoms with Crippen LogP contribution in [0.25, 0.3) is 0 Å². The molecule has 0 unspecified atom stereocenters. The highest BCUT2D eigenvalue weighted by Crippen LogP contribution is 2.36. The van der Waals surface area contributed by atoms with Gasteiger partial charge in [-0.2, -0.15) is 5.10 Å². The first-order valence-electron chi connectivity index (χ1n) is 8.43.